The zero-order valence-corrected chi connectivity index (χ0v) is 9.37. The van der Waals surface area contributed by atoms with Crippen LogP contribution in [0.15, 0.2) is 36.9 Å². The predicted octanol–water partition coefficient (Wildman–Crippen LogP) is 2.71. The summed E-state index contributed by atoms with van der Waals surface area (Å²) in [5, 5.41) is 3.59. The van der Waals surface area contributed by atoms with E-state index in [9.17, 15) is 0 Å². The standard InChI is InChI=1S/C14H19N/c1-3-11(2)15-14-9-8-12-6-4-5-7-13(12)10-14/h3-7,11,14-15H,1,8-10H2,2H3. The van der Waals surface area contributed by atoms with Gasteiger partial charge in [-0.1, -0.05) is 30.3 Å². The van der Waals surface area contributed by atoms with Gasteiger partial charge in [-0.05, 0) is 37.3 Å². The number of hydrogen-bond donors (Lipinski definition) is 1. The molecule has 0 heterocycles. The molecule has 0 aliphatic heterocycles. The maximum absolute atomic E-state index is 3.81. The minimum atomic E-state index is 0.417. The molecule has 0 bridgehead atoms. The minimum Gasteiger partial charge on any atom is -0.308 e. The summed E-state index contributed by atoms with van der Waals surface area (Å²) >= 11 is 0. The third kappa shape index (κ3) is 2.48. The molecule has 0 spiro atoms. The molecule has 0 saturated carbocycles. The van der Waals surface area contributed by atoms with Crippen LogP contribution >= 0.6 is 0 Å². The van der Waals surface area contributed by atoms with Crippen LogP contribution in [0.2, 0.25) is 0 Å². The largest absolute Gasteiger partial charge is 0.308 e. The topological polar surface area (TPSA) is 12.0 Å². The maximum atomic E-state index is 3.81. The summed E-state index contributed by atoms with van der Waals surface area (Å²) < 4.78 is 0. The highest BCUT2D eigenvalue weighted by Gasteiger charge is 2.18. The van der Waals surface area contributed by atoms with Gasteiger partial charge in [-0.15, -0.1) is 6.58 Å². The van der Waals surface area contributed by atoms with Gasteiger partial charge in [-0.2, -0.15) is 0 Å². The number of fused-ring (bicyclic) bond motifs is 1. The molecule has 1 heteroatoms. The highest BCUT2D eigenvalue weighted by atomic mass is 14.9. The molecule has 0 amide bonds. The second-order valence-electron chi connectivity index (χ2n) is 4.40. The molecular weight excluding hydrogens is 182 g/mol. The van der Waals surface area contributed by atoms with Gasteiger partial charge >= 0.3 is 0 Å². The summed E-state index contributed by atoms with van der Waals surface area (Å²) in [6.45, 7) is 5.97. The molecule has 0 radical (unpaired) electrons. The molecule has 1 aliphatic rings. The van der Waals surface area contributed by atoms with E-state index in [1.54, 1.807) is 0 Å². The Morgan fingerprint density at radius 2 is 2.13 bits per heavy atom. The first-order valence-electron chi connectivity index (χ1n) is 5.75. The summed E-state index contributed by atoms with van der Waals surface area (Å²) in [6, 6.07) is 9.81. The second-order valence-corrected chi connectivity index (χ2v) is 4.40. The first kappa shape index (κ1) is 10.4. The van der Waals surface area contributed by atoms with E-state index in [2.05, 4.69) is 43.1 Å². The molecule has 1 N–H and O–H groups in total. The van der Waals surface area contributed by atoms with E-state index in [0.29, 0.717) is 12.1 Å². The predicted molar refractivity (Wildman–Crippen MR) is 65.0 cm³/mol. The molecule has 80 valence electrons. The average molecular weight is 201 g/mol. The van der Waals surface area contributed by atoms with Crippen molar-refractivity contribution in [3.05, 3.63) is 48.0 Å². The summed E-state index contributed by atoms with van der Waals surface area (Å²) in [6.07, 6.45) is 5.59. The monoisotopic (exact) mass is 201 g/mol. The van der Waals surface area contributed by atoms with Crippen LogP contribution < -0.4 is 5.32 Å². The molecule has 0 saturated heterocycles. The quantitative estimate of drug-likeness (QED) is 0.741. The Bertz CT molecular complexity index is 343. The van der Waals surface area contributed by atoms with Gasteiger partial charge < -0.3 is 5.32 Å². The molecule has 1 nitrogen and oxygen atoms in total. The number of rotatable bonds is 3. The van der Waals surface area contributed by atoms with Crippen LogP contribution in [0.1, 0.15) is 24.5 Å². The van der Waals surface area contributed by atoms with Gasteiger partial charge in [-0.25, -0.2) is 0 Å². The molecule has 1 aromatic rings. The van der Waals surface area contributed by atoms with Crippen LogP contribution in [0.4, 0.5) is 0 Å². The first-order chi connectivity index (χ1) is 7.29. The number of benzene rings is 1. The summed E-state index contributed by atoms with van der Waals surface area (Å²) in [5.41, 5.74) is 3.04. The van der Waals surface area contributed by atoms with E-state index in [-0.39, 0.29) is 0 Å². The van der Waals surface area contributed by atoms with Gasteiger partial charge in [0.15, 0.2) is 0 Å². The zero-order chi connectivity index (χ0) is 10.7. The van der Waals surface area contributed by atoms with Crippen molar-refractivity contribution < 1.29 is 0 Å². The summed E-state index contributed by atoms with van der Waals surface area (Å²) in [4.78, 5) is 0. The Hall–Kier alpha value is -1.08. The van der Waals surface area contributed by atoms with Crippen LogP contribution in [0.25, 0.3) is 0 Å². The number of nitrogens with one attached hydrogen (secondary N) is 1. The van der Waals surface area contributed by atoms with Crippen molar-refractivity contribution in [2.75, 3.05) is 0 Å². The Morgan fingerprint density at radius 3 is 2.87 bits per heavy atom. The van der Waals surface area contributed by atoms with Crippen molar-refractivity contribution in [3.63, 3.8) is 0 Å². The van der Waals surface area contributed by atoms with Gasteiger partial charge in [0.05, 0.1) is 0 Å². The highest BCUT2D eigenvalue weighted by molar-refractivity contribution is 5.30. The summed E-state index contributed by atoms with van der Waals surface area (Å²) in [5.74, 6) is 0. The number of hydrogen-bond acceptors (Lipinski definition) is 1. The Kier molecular flexibility index (Phi) is 3.22. The van der Waals surface area contributed by atoms with Crippen molar-refractivity contribution in [2.45, 2.75) is 38.3 Å². The fraction of sp³-hybridized carbons (Fsp3) is 0.429. The first-order valence-corrected chi connectivity index (χ1v) is 5.75. The molecule has 0 aromatic heterocycles. The van der Waals surface area contributed by atoms with Gasteiger partial charge in [0.25, 0.3) is 0 Å². The Balaban J connectivity index is 2.02. The van der Waals surface area contributed by atoms with Crippen LogP contribution in [0, 0.1) is 0 Å². The average Bonchev–Trinajstić information content (AvgIpc) is 2.29. The molecule has 2 atom stereocenters. The molecule has 0 fully saturated rings. The van der Waals surface area contributed by atoms with Crippen molar-refractivity contribution in [3.8, 4) is 0 Å². The van der Waals surface area contributed by atoms with Crippen LogP contribution in [-0.4, -0.2) is 12.1 Å². The van der Waals surface area contributed by atoms with Crippen LogP contribution in [-0.2, 0) is 12.8 Å². The highest BCUT2D eigenvalue weighted by Crippen LogP contribution is 2.21. The smallest absolute Gasteiger partial charge is 0.0221 e. The fourth-order valence-electron chi connectivity index (χ4n) is 2.28. The van der Waals surface area contributed by atoms with E-state index in [0.717, 1.165) is 6.42 Å². The van der Waals surface area contributed by atoms with Crippen LogP contribution in [0.3, 0.4) is 0 Å². The lowest BCUT2D eigenvalue weighted by Crippen LogP contribution is -2.39. The SMILES string of the molecule is C=CC(C)NC1CCc2ccccc2C1. The normalized spacial score (nSPS) is 21.8. The molecule has 2 rings (SSSR count). The Morgan fingerprint density at radius 1 is 1.40 bits per heavy atom. The van der Waals surface area contributed by atoms with E-state index < -0.39 is 0 Å². The molecule has 1 aliphatic carbocycles. The van der Waals surface area contributed by atoms with Gasteiger partial charge in [0.2, 0.25) is 0 Å². The van der Waals surface area contributed by atoms with Crippen LogP contribution in [0.5, 0.6) is 0 Å². The lowest BCUT2D eigenvalue weighted by Gasteiger charge is -2.27. The van der Waals surface area contributed by atoms with Gasteiger partial charge in [0.1, 0.15) is 0 Å². The Labute approximate surface area is 92.2 Å². The third-order valence-electron chi connectivity index (χ3n) is 3.20. The van der Waals surface area contributed by atoms with Crippen molar-refractivity contribution in [1.29, 1.82) is 0 Å². The van der Waals surface area contributed by atoms with Crippen molar-refractivity contribution >= 4 is 0 Å². The van der Waals surface area contributed by atoms with Crippen molar-refractivity contribution in [2.24, 2.45) is 0 Å². The molecule has 2 unspecified atom stereocenters. The van der Waals surface area contributed by atoms with E-state index in [1.165, 1.54) is 24.0 Å². The van der Waals surface area contributed by atoms with E-state index in [4.69, 9.17) is 0 Å². The van der Waals surface area contributed by atoms with E-state index in [1.807, 2.05) is 6.08 Å². The third-order valence-corrected chi connectivity index (χ3v) is 3.20. The fourth-order valence-corrected chi connectivity index (χ4v) is 2.28. The lowest BCUT2D eigenvalue weighted by molar-refractivity contribution is 0.438. The van der Waals surface area contributed by atoms with Crippen molar-refractivity contribution in [1.82, 2.24) is 5.32 Å². The summed E-state index contributed by atoms with van der Waals surface area (Å²) in [7, 11) is 0. The maximum Gasteiger partial charge on any atom is 0.0221 e. The minimum absolute atomic E-state index is 0.417. The molecule has 15 heavy (non-hydrogen) atoms. The zero-order valence-electron chi connectivity index (χ0n) is 9.37. The van der Waals surface area contributed by atoms with Gasteiger partial charge in [-0.3, -0.25) is 0 Å². The number of aryl methyl sites for hydroxylation is 1. The second kappa shape index (κ2) is 4.63. The molecular formula is C14H19N. The van der Waals surface area contributed by atoms with Gasteiger partial charge in [0, 0.05) is 12.1 Å². The molecule has 1 aromatic carbocycles. The van der Waals surface area contributed by atoms with E-state index >= 15 is 0 Å². The lowest BCUT2D eigenvalue weighted by atomic mass is 9.88.